The number of nitrogens with one attached hydrogen (secondary N) is 1. The van der Waals surface area contributed by atoms with Crippen LogP contribution >= 0.6 is 0 Å². The molecular formula is C22H31N5O. The van der Waals surface area contributed by atoms with Crippen LogP contribution in [0.2, 0.25) is 0 Å². The molecule has 0 radical (unpaired) electrons. The quantitative estimate of drug-likeness (QED) is 0.836. The van der Waals surface area contributed by atoms with Crippen LogP contribution in [0.25, 0.3) is 0 Å². The number of aromatic nitrogens is 3. The first-order chi connectivity index (χ1) is 13.8. The maximum Gasteiger partial charge on any atom is 0.274 e. The summed E-state index contributed by atoms with van der Waals surface area (Å²) in [5, 5.41) is 8.47. The van der Waals surface area contributed by atoms with E-state index in [1.807, 2.05) is 29.4 Å². The Morgan fingerprint density at radius 1 is 1.21 bits per heavy atom. The van der Waals surface area contributed by atoms with Gasteiger partial charge in [-0.2, -0.15) is 5.10 Å². The Hall–Kier alpha value is -2.21. The van der Waals surface area contributed by atoms with Gasteiger partial charge in [-0.25, -0.2) is 0 Å². The summed E-state index contributed by atoms with van der Waals surface area (Å²) in [5.74, 6) is 0.139. The Bertz CT molecular complexity index is 795. The molecule has 4 rings (SSSR count). The molecule has 1 fully saturated rings. The SMILES string of the molecule is CCCn1nc(C(=O)N2CCCCC2)c2c1CC[C@H](NCc1ccncc1)C2. The predicted molar refractivity (Wildman–Crippen MR) is 109 cm³/mol. The van der Waals surface area contributed by atoms with Crippen molar-refractivity contribution >= 4 is 5.91 Å². The topological polar surface area (TPSA) is 63.1 Å². The second kappa shape index (κ2) is 8.86. The molecule has 0 saturated carbocycles. The molecule has 1 aliphatic carbocycles. The average Bonchev–Trinajstić information content (AvgIpc) is 3.11. The van der Waals surface area contributed by atoms with Crippen molar-refractivity contribution in [3.63, 3.8) is 0 Å². The fourth-order valence-corrected chi connectivity index (χ4v) is 4.44. The van der Waals surface area contributed by atoms with Crippen molar-refractivity contribution in [3.05, 3.63) is 47.0 Å². The number of hydrogen-bond donors (Lipinski definition) is 1. The molecular weight excluding hydrogens is 350 g/mol. The molecule has 28 heavy (non-hydrogen) atoms. The van der Waals surface area contributed by atoms with Crippen LogP contribution in [-0.4, -0.2) is 44.7 Å². The third-order valence-electron chi connectivity index (χ3n) is 5.97. The van der Waals surface area contributed by atoms with Gasteiger partial charge in [0.2, 0.25) is 0 Å². The highest BCUT2D eigenvalue weighted by Gasteiger charge is 2.31. The van der Waals surface area contributed by atoms with Crippen molar-refractivity contribution in [1.29, 1.82) is 0 Å². The van der Waals surface area contributed by atoms with Gasteiger partial charge in [-0.05, 0) is 62.6 Å². The highest BCUT2D eigenvalue weighted by molar-refractivity contribution is 5.94. The summed E-state index contributed by atoms with van der Waals surface area (Å²) >= 11 is 0. The standard InChI is InChI=1S/C22H31N5O/c1-2-12-27-20-7-6-18(24-16-17-8-10-23-11-9-17)15-19(20)21(25-27)22(28)26-13-4-3-5-14-26/h8-11,18,24H,2-7,12-16H2,1H3/t18-/m0/s1. The number of fused-ring (bicyclic) bond motifs is 1. The first-order valence-corrected chi connectivity index (χ1v) is 10.8. The molecule has 2 aromatic rings. The van der Waals surface area contributed by atoms with Crippen molar-refractivity contribution in [3.8, 4) is 0 Å². The van der Waals surface area contributed by atoms with Crippen LogP contribution < -0.4 is 5.32 Å². The highest BCUT2D eigenvalue weighted by atomic mass is 16.2. The zero-order chi connectivity index (χ0) is 19.3. The van der Waals surface area contributed by atoms with Crippen LogP contribution in [-0.2, 0) is 25.9 Å². The lowest BCUT2D eigenvalue weighted by Gasteiger charge is -2.28. The van der Waals surface area contributed by atoms with Crippen LogP contribution in [0.5, 0.6) is 0 Å². The van der Waals surface area contributed by atoms with Gasteiger partial charge in [0.15, 0.2) is 5.69 Å². The van der Waals surface area contributed by atoms with Gasteiger partial charge >= 0.3 is 0 Å². The molecule has 150 valence electrons. The van der Waals surface area contributed by atoms with Gasteiger partial charge in [0.1, 0.15) is 0 Å². The largest absolute Gasteiger partial charge is 0.337 e. The van der Waals surface area contributed by atoms with Crippen LogP contribution in [0.4, 0.5) is 0 Å². The Morgan fingerprint density at radius 2 is 2.00 bits per heavy atom. The Labute approximate surface area is 167 Å². The monoisotopic (exact) mass is 381 g/mol. The van der Waals surface area contributed by atoms with Gasteiger partial charge in [0, 0.05) is 55.9 Å². The first-order valence-electron chi connectivity index (χ1n) is 10.8. The van der Waals surface area contributed by atoms with Crippen LogP contribution in [0, 0.1) is 0 Å². The van der Waals surface area contributed by atoms with Crippen molar-refractivity contribution in [2.24, 2.45) is 0 Å². The molecule has 3 heterocycles. The van der Waals surface area contributed by atoms with E-state index in [1.54, 1.807) is 0 Å². The molecule has 1 atom stereocenters. The normalized spacial score (nSPS) is 19.5. The fourth-order valence-electron chi connectivity index (χ4n) is 4.44. The number of piperidine rings is 1. The first kappa shape index (κ1) is 19.1. The smallest absolute Gasteiger partial charge is 0.274 e. The molecule has 6 heteroatoms. The summed E-state index contributed by atoms with van der Waals surface area (Å²) in [6.07, 6.45) is 11.1. The molecule has 2 aromatic heterocycles. The molecule has 1 saturated heterocycles. The van der Waals surface area contributed by atoms with Crippen molar-refractivity contribution < 1.29 is 4.79 Å². The predicted octanol–water partition coefficient (Wildman–Crippen LogP) is 2.96. The van der Waals surface area contributed by atoms with E-state index in [1.165, 1.54) is 23.2 Å². The highest BCUT2D eigenvalue weighted by Crippen LogP contribution is 2.27. The second-order valence-electron chi connectivity index (χ2n) is 8.03. The second-order valence-corrected chi connectivity index (χ2v) is 8.03. The maximum atomic E-state index is 13.2. The molecule has 1 amide bonds. The van der Waals surface area contributed by atoms with E-state index in [2.05, 4.69) is 21.9 Å². The Balaban J connectivity index is 1.51. The van der Waals surface area contributed by atoms with Gasteiger partial charge in [-0.15, -0.1) is 0 Å². The number of rotatable bonds is 6. The molecule has 2 aliphatic rings. The summed E-state index contributed by atoms with van der Waals surface area (Å²) in [7, 11) is 0. The van der Waals surface area contributed by atoms with Gasteiger partial charge in [0.25, 0.3) is 5.91 Å². The third kappa shape index (κ3) is 4.12. The number of nitrogens with zero attached hydrogens (tertiary/aromatic N) is 4. The molecule has 0 unspecified atom stereocenters. The van der Waals surface area contributed by atoms with Crippen molar-refractivity contribution in [1.82, 2.24) is 25.0 Å². The van der Waals surface area contributed by atoms with E-state index in [4.69, 9.17) is 5.10 Å². The van der Waals surface area contributed by atoms with E-state index in [0.29, 0.717) is 11.7 Å². The van der Waals surface area contributed by atoms with Crippen molar-refractivity contribution in [2.45, 2.75) is 71.0 Å². The molecule has 6 nitrogen and oxygen atoms in total. The fraction of sp³-hybridized carbons (Fsp3) is 0.591. The number of carbonyl (C=O) groups is 1. The van der Waals surface area contributed by atoms with Crippen molar-refractivity contribution in [2.75, 3.05) is 13.1 Å². The van der Waals surface area contributed by atoms with Gasteiger partial charge < -0.3 is 10.2 Å². The maximum absolute atomic E-state index is 13.2. The van der Waals surface area contributed by atoms with Gasteiger partial charge in [-0.3, -0.25) is 14.5 Å². The van der Waals surface area contributed by atoms with Gasteiger partial charge in [-0.1, -0.05) is 6.92 Å². The van der Waals surface area contributed by atoms with E-state index >= 15 is 0 Å². The zero-order valence-electron chi connectivity index (χ0n) is 16.9. The Morgan fingerprint density at radius 3 is 2.75 bits per heavy atom. The molecule has 0 spiro atoms. The average molecular weight is 382 g/mol. The van der Waals surface area contributed by atoms with E-state index in [-0.39, 0.29) is 5.91 Å². The third-order valence-corrected chi connectivity index (χ3v) is 5.97. The molecule has 1 N–H and O–H groups in total. The molecule has 0 aromatic carbocycles. The lowest BCUT2D eigenvalue weighted by atomic mass is 9.90. The summed E-state index contributed by atoms with van der Waals surface area (Å²) in [5.41, 5.74) is 4.42. The minimum atomic E-state index is 0.139. The summed E-state index contributed by atoms with van der Waals surface area (Å²) in [4.78, 5) is 19.3. The minimum absolute atomic E-state index is 0.139. The Kier molecular flexibility index (Phi) is 6.05. The van der Waals surface area contributed by atoms with E-state index < -0.39 is 0 Å². The van der Waals surface area contributed by atoms with Gasteiger partial charge in [0.05, 0.1) is 0 Å². The van der Waals surface area contributed by atoms with Crippen LogP contribution in [0.3, 0.4) is 0 Å². The zero-order valence-corrected chi connectivity index (χ0v) is 16.9. The lowest BCUT2D eigenvalue weighted by molar-refractivity contribution is 0.0716. The molecule has 1 aliphatic heterocycles. The summed E-state index contributed by atoms with van der Waals surface area (Å²) < 4.78 is 2.10. The van der Waals surface area contributed by atoms with E-state index in [9.17, 15) is 4.79 Å². The number of likely N-dealkylation sites (tertiary alicyclic amines) is 1. The van der Waals surface area contributed by atoms with Crippen LogP contribution in [0.15, 0.2) is 24.5 Å². The molecule has 0 bridgehead atoms. The lowest BCUT2D eigenvalue weighted by Crippen LogP contribution is -2.38. The summed E-state index contributed by atoms with van der Waals surface area (Å²) in [6, 6.07) is 4.48. The minimum Gasteiger partial charge on any atom is -0.337 e. The summed E-state index contributed by atoms with van der Waals surface area (Å²) in [6.45, 7) is 5.64. The number of carbonyl (C=O) groups excluding carboxylic acids is 1. The number of amides is 1. The number of hydrogen-bond acceptors (Lipinski definition) is 4. The number of aryl methyl sites for hydroxylation is 1. The van der Waals surface area contributed by atoms with E-state index in [0.717, 1.165) is 64.7 Å². The number of pyridine rings is 1. The van der Waals surface area contributed by atoms with Crippen LogP contribution in [0.1, 0.15) is 66.3 Å².